The van der Waals surface area contributed by atoms with E-state index in [1.807, 2.05) is 4.72 Å². The van der Waals surface area contributed by atoms with E-state index < -0.39 is 34.4 Å². The first-order valence-electron chi connectivity index (χ1n) is 8.10. The molecule has 9 nitrogen and oxygen atoms in total. The number of nitrogens with one attached hydrogen (secondary N) is 1. The molecule has 146 valence electrons. The van der Waals surface area contributed by atoms with Crippen LogP contribution in [0.3, 0.4) is 0 Å². The van der Waals surface area contributed by atoms with E-state index in [-0.39, 0.29) is 28.5 Å². The van der Waals surface area contributed by atoms with Gasteiger partial charge in [-0.05, 0) is 37.3 Å². The molecule has 1 aliphatic rings. The molecule has 0 saturated carbocycles. The van der Waals surface area contributed by atoms with E-state index >= 15 is 0 Å². The van der Waals surface area contributed by atoms with E-state index in [4.69, 9.17) is 9.84 Å². The summed E-state index contributed by atoms with van der Waals surface area (Å²) in [6, 6.07) is 9.77. The summed E-state index contributed by atoms with van der Waals surface area (Å²) in [6.45, 7) is 0.836. The highest BCUT2D eigenvalue weighted by atomic mass is 32.2. The second-order valence-corrected chi connectivity index (χ2v) is 7.78. The molecule has 2 aromatic rings. The predicted octanol–water partition coefficient (Wildman–Crippen LogP) is 0.924. The van der Waals surface area contributed by atoms with Gasteiger partial charge in [-0.25, -0.2) is 17.9 Å². The van der Waals surface area contributed by atoms with Crippen molar-refractivity contribution in [1.82, 2.24) is 4.72 Å². The molecule has 0 spiro atoms. The quantitative estimate of drug-likeness (QED) is 0.758. The van der Waals surface area contributed by atoms with Crippen LogP contribution >= 0.6 is 0 Å². The number of nitrogens with zero attached hydrogens (tertiary/aromatic N) is 1. The Hall–Kier alpha value is -3.40. The lowest BCUT2D eigenvalue weighted by molar-refractivity contribution is -0.124. The summed E-state index contributed by atoms with van der Waals surface area (Å²) in [6.07, 6.45) is 0. The summed E-state index contributed by atoms with van der Waals surface area (Å²) in [4.78, 5) is 36.5. The van der Waals surface area contributed by atoms with Gasteiger partial charge in [0.05, 0.1) is 16.1 Å². The number of benzene rings is 2. The van der Waals surface area contributed by atoms with Crippen molar-refractivity contribution in [3.8, 4) is 5.75 Å². The lowest BCUT2D eigenvalue weighted by Crippen LogP contribution is -2.46. The maximum atomic E-state index is 12.3. The van der Waals surface area contributed by atoms with Crippen LogP contribution in [0.15, 0.2) is 47.4 Å². The summed E-state index contributed by atoms with van der Waals surface area (Å²) in [5, 5.41) is 9.12. The molecule has 10 heteroatoms. The van der Waals surface area contributed by atoms with Crippen LogP contribution in [0.2, 0.25) is 0 Å². The van der Waals surface area contributed by atoms with E-state index in [0.717, 1.165) is 10.5 Å². The smallest absolute Gasteiger partial charge is 0.335 e. The number of ether oxygens (including phenoxy) is 1. The molecule has 1 aliphatic heterocycles. The lowest BCUT2D eigenvalue weighted by atomic mass is 10.1. The summed E-state index contributed by atoms with van der Waals surface area (Å²) < 4.78 is 31.8. The van der Waals surface area contributed by atoms with Crippen molar-refractivity contribution in [2.75, 3.05) is 18.1 Å². The molecule has 0 bridgehead atoms. The van der Waals surface area contributed by atoms with Crippen LogP contribution in [-0.2, 0) is 19.6 Å². The van der Waals surface area contributed by atoms with Crippen molar-refractivity contribution < 1.29 is 32.6 Å². The van der Waals surface area contributed by atoms with Crippen LogP contribution in [0.4, 0.5) is 5.69 Å². The fourth-order valence-corrected chi connectivity index (χ4v) is 3.59. The normalized spacial score (nSPS) is 13.5. The molecule has 0 fully saturated rings. The minimum atomic E-state index is -4.11. The van der Waals surface area contributed by atoms with Crippen molar-refractivity contribution in [2.24, 2.45) is 0 Å². The number of aromatic carboxylic acids is 1. The number of carboxylic acid groups (broad SMARTS) is 1. The van der Waals surface area contributed by atoms with Crippen molar-refractivity contribution >= 4 is 33.5 Å². The summed E-state index contributed by atoms with van der Waals surface area (Å²) in [5.74, 6) is -2.54. The van der Waals surface area contributed by atoms with Gasteiger partial charge in [-0.2, -0.15) is 0 Å². The standard InChI is InChI=1S/C18H16N2O7S/c1-11-2-5-13(6-3-11)28(25,26)19-16(21)9-20-14-8-12(18(23)24)4-7-15(14)27-10-17(20)22/h2-8H,9-10H2,1H3,(H,19,21)(H,23,24). The molecule has 28 heavy (non-hydrogen) atoms. The maximum Gasteiger partial charge on any atom is 0.335 e. The van der Waals surface area contributed by atoms with Gasteiger partial charge in [0, 0.05) is 0 Å². The third-order valence-corrected chi connectivity index (χ3v) is 5.42. The zero-order valence-corrected chi connectivity index (χ0v) is 15.5. The topological polar surface area (TPSA) is 130 Å². The molecule has 0 saturated heterocycles. The second kappa shape index (κ2) is 7.31. The minimum Gasteiger partial charge on any atom is -0.482 e. The molecule has 0 aromatic heterocycles. The number of hydrogen-bond acceptors (Lipinski definition) is 6. The largest absolute Gasteiger partial charge is 0.482 e. The third-order valence-electron chi connectivity index (χ3n) is 4.03. The van der Waals surface area contributed by atoms with Gasteiger partial charge in [0.25, 0.3) is 21.8 Å². The molecule has 1 heterocycles. The molecule has 2 amide bonds. The van der Waals surface area contributed by atoms with Gasteiger partial charge in [0.1, 0.15) is 12.3 Å². The van der Waals surface area contributed by atoms with Crippen LogP contribution < -0.4 is 14.4 Å². The average Bonchev–Trinajstić information content (AvgIpc) is 2.63. The fraction of sp³-hybridized carbons (Fsp3) is 0.167. The minimum absolute atomic E-state index is 0.0824. The molecular weight excluding hydrogens is 388 g/mol. The maximum absolute atomic E-state index is 12.3. The van der Waals surface area contributed by atoms with E-state index in [9.17, 15) is 22.8 Å². The van der Waals surface area contributed by atoms with Gasteiger partial charge in [-0.3, -0.25) is 14.5 Å². The first-order chi connectivity index (χ1) is 13.2. The van der Waals surface area contributed by atoms with Crippen LogP contribution in [-0.4, -0.2) is 44.5 Å². The lowest BCUT2D eigenvalue weighted by Gasteiger charge is -2.29. The fourth-order valence-electron chi connectivity index (χ4n) is 2.61. The molecule has 2 aromatic carbocycles. The van der Waals surface area contributed by atoms with Gasteiger partial charge in [-0.1, -0.05) is 17.7 Å². The zero-order valence-electron chi connectivity index (χ0n) is 14.7. The van der Waals surface area contributed by atoms with E-state index in [1.54, 1.807) is 19.1 Å². The van der Waals surface area contributed by atoms with E-state index in [1.165, 1.54) is 30.3 Å². The number of rotatable bonds is 5. The average molecular weight is 404 g/mol. The number of aryl methyl sites for hydroxylation is 1. The van der Waals surface area contributed by atoms with Crippen molar-refractivity contribution in [1.29, 1.82) is 0 Å². The predicted molar refractivity (Wildman–Crippen MR) is 97.8 cm³/mol. The number of carbonyl (C=O) groups is 3. The summed E-state index contributed by atoms with van der Waals surface area (Å²) >= 11 is 0. The molecule has 0 aliphatic carbocycles. The van der Waals surface area contributed by atoms with Crippen molar-refractivity contribution in [2.45, 2.75) is 11.8 Å². The number of carboxylic acids is 1. The Kier molecular flexibility index (Phi) is 5.06. The first kappa shape index (κ1) is 19.4. The Morgan fingerprint density at radius 1 is 1.18 bits per heavy atom. The van der Waals surface area contributed by atoms with Gasteiger partial charge < -0.3 is 9.84 Å². The Bertz CT molecular complexity index is 1060. The van der Waals surface area contributed by atoms with Crippen molar-refractivity contribution in [3.05, 3.63) is 53.6 Å². The van der Waals surface area contributed by atoms with Crippen molar-refractivity contribution in [3.63, 3.8) is 0 Å². The van der Waals surface area contributed by atoms with Gasteiger partial charge >= 0.3 is 5.97 Å². The number of hydrogen-bond donors (Lipinski definition) is 2. The Morgan fingerprint density at radius 3 is 2.50 bits per heavy atom. The molecule has 0 unspecified atom stereocenters. The Labute approximate surface area is 160 Å². The molecule has 0 radical (unpaired) electrons. The Balaban J connectivity index is 1.82. The highest BCUT2D eigenvalue weighted by Gasteiger charge is 2.29. The number of sulfonamides is 1. The highest BCUT2D eigenvalue weighted by Crippen LogP contribution is 2.32. The van der Waals surface area contributed by atoms with Gasteiger partial charge in [0.2, 0.25) is 0 Å². The van der Waals surface area contributed by atoms with Gasteiger partial charge in [0.15, 0.2) is 6.61 Å². The highest BCUT2D eigenvalue weighted by molar-refractivity contribution is 7.90. The van der Waals surface area contributed by atoms with E-state index in [2.05, 4.69) is 0 Å². The van der Waals surface area contributed by atoms with Crippen LogP contribution in [0.25, 0.3) is 0 Å². The molecule has 2 N–H and O–H groups in total. The number of anilines is 1. The first-order valence-corrected chi connectivity index (χ1v) is 9.58. The van der Waals surface area contributed by atoms with E-state index in [0.29, 0.717) is 0 Å². The molecule has 0 atom stereocenters. The molecule has 3 rings (SSSR count). The van der Waals surface area contributed by atoms with Crippen LogP contribution in [0.1, 0.15) is 15.9 Å². The molecular formula is C18H16N2O7S. The number of fused-ring (bicyclic) bond motifs is 1. The monoisotopic (exact) mass is 404 g/mol. The SMILES string of the molecule is Cc1ccc(S(=O)(=O)NC(=O)CN2C(=O)COc3ccc(C(=O)O)cc32)cc1. The third kappa shape index (κ3) is 3.96. The summed E-state index contributed by atoms with van der Waals surface area (Å²) in [7, 11) is -4.11. The number of carbonyl (C=O) groups excluding carboxylic acids is 2. The van der Waals surface area contributed by atoms with Gasteiger partial charge in [-0.15, -0.1) is 0 Å². The second-order valence-electron chi connectivity index (χ2n) is 6.10. The summed E-state index contributed by atoms with van der Waals surface area (Å²) in [5.41, 5.74) is 0.837. The van der Waals surface area contributed by atoms with Crippen LogP contribution in [0.5, 0.6) is 5.75 Å². The number of amides is 2. The Morgan fingerprint density at radius 2 is 1.86 bits per heavy atom. The zero-order chi connectivity index (χ0) is 20.5. The van der Waals surface area contributed by atoms with Crippen LogP contribution in [0, 0.1) is 6.92 Å².